The van der Waals surface area contributed by atoms with Crippen molar-refractivity contribution in [2.45, 2.75) is 13.3 Å². The summed E-state index contributed by atoms with van der Waals surface area (Å²) in [5, 5.41) is 11.9. The van der Waals surface area contributed by atoms with Crippen molar-refractivity contribution in [3.63, 3.8) is 0 Å². The van der Waals surface area contributed by atoms with E-state index in [4.69, 9.17) is 31.1 Å². The normalized spacial score (nSPS) is 10.4. The fraction of sp³-hybridized carbons (Fsp3) is 0.238. The topological polar surface area (TPSA) is 80.6 Å². The van der Waals surface area contributed by atoms with E-state index in [1.807, 2.05) is 13.0 Å². The lowest BCUT2D eigenvalue weighted by Crippen LogP contribution is -2.09. The minimum Gasteiger partial charge on any atom is -0.493 e. The molecule has 0 fully saturated rings. The number of anilines is 1. The zero-order valence-corrected chi connectivity index (χ0v) is 16.5. The highest BCUT2D eigenvalue weighted by molar-refractivity contribution is 6.31. The Labute approximate surface area is 169 Å². The Hall–Kier alpha value is -3.17. The number of amides is 1. The Morgan fingerprint density at radius 2 is 1.96 bits per heavy atom. The predicted molar refractivity (Wildman–Crippen MR) is 109 cm³/mol. The fourth-order valence-corrected chi connectivity index (χ4v) is 2.47. The molecule has 0 spiro atoms. The summed E-state index contributed by atoms with van der Waals surface area (Å²) in [6, 6.07) is 12.1. The molecule has 0 radical (unpaired) electrons. The second-order valence-corrected chi connectivity index (χ2v) is 6.11. The number of methoxy groups -OCH3 is 1. The second-order valence-electron chi connectivity index (χ2n) is 5.67. The van der Waals surface area contributed by atoms with Gasteiger partial charge < -0.3 is 19.5 Å². The quantitative estimate of drug-likeness (QED) is 0.617. The molecule has 0 aromatic heterocycles. The molecule has 0 atom stereocenters. The number of carbonyl (C=O) groups is 1. The lowest BCUT2D eigenvalue weighted by molar-refractivity contribution is -0.111. The Morgan fingerprint density at radius 3 is 2.68 bits per heavy atom. The van der Waals surface area contributed by atoms with Gasteiger partial charge in [-0.1, -0.05) is 24.6 Å². The minimum absolute atomic E-state index is 0.0734. The zero-order chi connectivity index (χ0) is 20.4. The van der Waals surface area contributed by atoms with Gasteiger partial charge >= 0.3 is 0 Å². The first-order valence-corrected chi connectivity index (χ1v) is 9.04. The number of nitriles is 1. The Morgan fingerprint density at radius 1 is 1.18 bits per heavy atom. The highest BCUT2D eigenvalue weighted by atomic mass is 35.5. The predicted octanol–water partition coefficient (Wildman–Crippen LogP) is 4.69. The molecule has 0 saturated heterocycles. The summed E-state index contributed by atoms with van der Waals surface area (Å²) in [5.41, 5.74) is 1.25. The third kappa shape index (κ3) is 6.22. The van der Waals surface area contributed by atoms with Crippen LogP contribution in [0.2, 0.25) is 5.02 Å². The van der Waals surface area contributed by atoms with E-state index in [0.717, 1.165) is 12.0 Å². The molecule has 2 rings (SSSR count). The van der Waals surface area contributed by atoms with Crippen molar-refractivity contribution in [1.29, 1.82) is 5.26 Å². The summed E-state index contributed by atoms with van der Waals surface area (Å²) in [7, 11) is 1.51. The van der Waals surface area contributed by atoms with E-state index in [1.54, 1.807) is 42.5 Å². The molecule has 7 heteroatoms. The van der Waals surface area contributed by atoms with Gasteiger partial charge in [0.05, 0.1) is 19.4 Å². The molecule has 28 heavy (non-hydrogen) atoms. The van der Waals surface area contributed by atoms with E-state index in [1.165, 1.54) is 13.2 Å². The van der Waals surface area contributed by atoms with Gasteiger partial charge in [-0.25, -0.2) is 0 Å². The molecule has 0 saturated carbocycles. The number of rotatable bonds is 9. The molecule has 2 aromatic rings. The maximum atomic E-state index is 12.3. The van der Waals surface area contributed by atoms with Crippen LogP contribution in [0.3, 0.4) is 0 Å². The molecular weight excluding hydrogens is 380 g/mol. The maximum Gasteiger partial charge on any atom is 0.248 e. The Kier molecular flexibility index (Phi) is 8.19. The van der Waals surface area contributed by atoms with Crippen molar-refractivity contribution in [1.82, 2.24) is 0 Å². The highest BCUT2D eigenvalue weighted by Gasteiger charge is 2.08. The largest absolute Gasteiger partial charge is 0.493 e. The van der Waals surface area contributed by atoms with Gasteiger partial charge in [-0.2, -0.15) is 5.26 Å². The molecule has 0 bridgehead atoms. The average molecular weight is 401 g/mol. The van der Waals surface area contributed by atoms with Gasteiger partial charge in [-0.3, -0.25) is 4.79 Å². The van der Waals surface area contributed by atoms with Gasteiger partial charge in [0.1, 0.15) is 11.8 Å². The number of hydrogen-bond donors (Lipinski definition) is 1. The molecule has 6 nitrogen and oxygen atoms in total. The molecule has 146 valence electrons. The summed E-state index contributed by atoms with van der Waals surface area (Å²) >= 11 is 6.02. The number of hydrogen-bond acceptors (Lipinski definition) is 5. The molecule has 1 amide bonds. The van der Waals surface area contributed by atoms with Gasteiger partial charge in [0, 0.05) is 11.1 Å². The fourth-order valence-electron chi connectivity index (χ4n) is 2.30. The first-order chi connectivity index (χ1) is 13.6. The van der Waals surface area contributed by atoms with Gasteiger partial charge in [0.25, 0.3) is 0 Å². The number of benzene rings is 2. The second kappa shape index (κ2) is 10.9. The van der Waals surface area contributed by atoms with Gasteiger partial charge in [0.2, 0.25) is 5.91 Å². The van der Waals surface area contributed by atoms with Crippen LogP contribution in [0, 0.1) is 11.3 Å². The summed E-state index contributed by atoms with van der Waals surface area (Å²) in [4.78, 5) is 12.3. The maximum absolute atomic E-state index is 12.3. The standard InChI is InChI=1S/C21H21ClN2O4/c1-3-11-27-18-8-6-16(22)14-17(18)24-21(25)9-5-15-4-7-19(28-12-10-23)20(13-15)26-2/h4-9,13-14H,3,11-12H2,1-2H3,(H,24,25). The first-order valence-electron chi connectivity index (χ1n) is 8.66. The van der Waals surface area contributed by atoms with Crippen molar-refractivity contribution in [2.24, 2.45) is 0 Å². The smallest absolute Gasteiger partial charge is 0.248 e. The van der Waals surface area contributed by atoms with Crippen molar-refractivity contribution in [2.75, 3.05) is 25.6 Å². The van der Waals surface area contributed by atoms with Crippen LogP contribution >= 0.6 is 11.6 Å². The van der Waals surface area contributed by atoms with Gasteiger partial charge in [-0.05, 0) is 48.4 Å². The van der Waals surface area contributed by atoms with Crippen molar-refractivity contribution >= 4 is 29.3 Å². The van der Waals surface area contributed by atoms with E-state index >= 15 is 0 Å². The van der Waals surface area contributed by atoms with Crippen LogP contribution in [0.25, 0.3) is 6.08 Å². The summed E-state index contributed by atoms with van der Waals surface area (Å²) in [6.45, 7) is 2.47. The van der Waals surface area contributed by atoms with Crippen molar-refractivity contribution < 1.29 is 19.0 Å². The molecule has 0 unspecified atom stereocenters. The van der Waals surface area contributed by atoms with Crippen LogP contribution in [-0.2, 0) is 4.79 Å². The van der Waals surface area contributed by atoms with Crippen LogP contribution in [0.1, 0.15) is 18.9 Å². The van der Waals surface area contributed by atoms with E-state index in [-0.39, 0.29) is 12.5 Å². The summed E-state index contributed by atoms with van der Waals surface area (Å²) in [5.74, 6) is 1.17. The molecule has 0 aliphatic carbocycles. The number of carbonyl (C=O) groups excluding carboxylic acids is 1. The minimum atomic E-state index is -0.326. The van der Waals surface area contributed by atoms with Crippen LogP contribution in [0.15, 0.2) is 42.5 Å². The highest BCUT2D eigenvalue weighted by Crippen LogP contribution is 2.29. The zero-order valence-electron chi connectivity index (χ0n) is 15.7. The first kappa shape index (κ1) is 21.1. The lowest BCUT2D eigenvalue weighted by atomic mass is 10.2. The molecule has 0 heterocycles. The van der Waals surface area contributed by atoms with Crippen LogP contribution in [-0.4, -0.2) is 26.2 Å². The average Bonchev–Trinajstić information content (AvgIpc) is 2.70. The molecule has 2 aromatic carbocycles. The number of halogens is 1. The van der Waals surface area contributed by atoms with Crippen LogP contribution in [0.5, 0.6) is 17.2 Å². The summed E-state index contributed by atoms with van der Waals surface area (Å²) < 4.78 is 16.2. The molecule has 0 aliphatic heterocycles. The van der Waals surface area contributed by atoms with Gasteiger partial charge in [-0.15, -0.1) is 0 Å². The number of ether oxygens (including phenoxy) is 3. The SMILES string of the molecule is CCCOc1ccc(Cl)cc1NC(=O)C=Cc1ccc(OCC#N)c(OC)c1. The molecule has 1 N–H and O–H groups in total. The van der Waals surface area contributed by atoms with Crippen molar-refractivity contribution in [3.05, 3.63) is 53.1 Å². The van der Waals surface area contributed by atoms with E-state index in [2.05, 4.69) is 5.32 Å². The number of nitrogens with zero attached hydrogens (tertiary/aromatic N) is 1. The number of nitrogens with one attached hydrogen (secondary N) is 1. The van der Waals surface area contributed by atoms with Gasteiger partial charge in [0.15, 0.2) is 18.1 Å². The van der Waals surface area contributed by atoms with E-state index in [0.29, 0.717) is 34.6 Å². The van der Waals surface area contributed by atoms with Crippen LogP contribution < -0.4 is 19.5 Å². The monoisotopic (exact) mass is 400 g/mol. The third-order valence-corrected chi connectivity index (χ3v) is 3.80. The summed E-state index contributed by atoms with van der Waals surface area (Å²) in [6.07, 6.45) is 3.89. The Bertz CT molecular complexity index is 890. The molecule has 0 aliphatic rings. The lowest BCUT2D eigenvalue weighted by Gasteiger charge is -2.11. The molecular formula is C21H21ClN2O4. The van der Waals surface area contributed by atoms with Crippen LogP contribution in [0.4, 0.5) is 5.69 Å². The van der Waals surface area contributed by atoms with Crippen molar-refractivity contribution in [3.8, 4) is 23.3 Å². The Balaban J connectivity index is 2.10. The van der Waals surface area contributed by atoms with E-state index in [9.17, 15) is 4.79 Å². The van der Waals surface area contributed by atoms with E-state index < -0.39 is 0 Å². The third-order valence-electron chi connectivity index (χ3n) is 3.57.